The third-order valence-corrected chi connectivity index (χ3v) is 3.71. The molecule has 0 heterocycles. The molecule has 118 valence electrons. The second kappa shape index (κ2) is 6.48. The first-order valence-corrected chi connectivity index (χ1v) is 7.50. The largest absolute Gasteiger partial charge is 0.375 e. The van der Waals surface area contributed by atoms with Crippen LogP contribution in [0.25, 0.3) is 0 Å². The van der Waals surface area contributed by atoms with Gasteiger partial charge in [0.25, 0.3) is 11.6 Å². The van der Waals surface area contributed by atoms with Gasteiger partial charge in [-0.3, -0.25) is 14.9 Å². The first-order valence-electron chi connectivity index (χ1n) is 7.50. The zero-order valence-corrected chi connectivity index (χ0v) is 12.5. The van der Waals surface area contributed by atoms with Gasteiger partial charge < -0.3 is 10.6 Å². The zero-order chi connectivity index (χ0) is 16.2. The summed E-state index contributed by atoms with van der Waals surface area (Å²) in [4.78, 5) is 22.5. The van der Waals surface area contributed by atoms with E-state index >= 15 is 0 Å². The van der Waals surface area contributed by atoms with E-state index in [1.54, 1.807) is 30.3 Å². The Kier molecular flexibility index (Phi) is 4.23. The number of hydrogen-bond acceptors (Lipinski definition) is 4. The Labute approximate surface area is 133 Å². The lowest BCUT2D eigenvalue weighted by Crippen LogP contribution is -2.25. The second-order valence-corrected chi connectivity index (χ2v) is 5.57. The van der Waals surface area contributed by atoms with E-state index in [-0.39, 0.29) is 11.6 Å². The van der Waals surface area contributed by atoms with Crippen molar-refractivity contribution in [3.63, 3.8) is 0 Å². The summed E-state index contributed by atoms with van der Waals surface area (Å²) in [6.07, 6.45) is 2.12. The van der Waals surface area contributed by atoms with Crippen LogP contribution in [0, 0.1) is 10.1 Å². The summed E-state index contributed by atoms with van der Waals surface area (Å²) in [5, 5.41) is 17.0. The summed E-state index contributed by atoms with van der Waals surface area (Å²) < 4.78 is 0. The molecule has 23 heavy (non-hydrogen) atoms. The van der Waals surface area contributed by atoms with Crippen molar-refractivity contribution in [3.05, 3.63) is 69.8 Å². The number of amides is 1. The van der Waals surface area contributed by atoms with Crippen LogP contribution in [0.3, 0.4) is 0 Å². The van der Waals surface area contributed by atoms with Crippen molar-refractivity contribution in [3.8, 4) is 0 Å². The maximum Gasteiger partial charge on any atom is 0.292 e. The minimum absolute atomic E-state index is 0.0490. The lowest BCUT2D eigenvalue weighted by molar-refractivity contribution is -0.384. The molecule has 2 aromatic carbocycles. The van der Waals surface area contributed by atoms with Gasteiger partial charge in [-0.15, -0.1) is 0 Å². The third-order valence-electron chi connectivity index (χ3n) is 3.71. The molecule has 0 saturated heterocycles. The van der Waals surface area contributed by atoms with Crippen LogP contribution in [0.4, 0.5) is 11.4 Å². The fourth-order valence-corrected chi connectivity index (χ4v) is 2.25. The van der Waals surface area contributed by atoms with Crippen molar-refractivity contribution in [2.24, 2.45) is 0 Å². The number of anilines is 1. The molecule has 6 nitrogen and oxygen atoms in total. The van der Waals surface area contributed by atoms with Gasteiger partial charge in [-0.25, -0.2) is 0 Å². The Bertz CT molecular complexity index is 724. The number of nitrogens with zero attached hydrogens (tertiary/aromatic N) is 1. The highest BCUT2D eigenvalue weighted by atomic mass is 16.6. The van der Waals surface area contributed by atoms with Crippen LogP contribution in [0.15, 0.2) is 48.5 Å². The average Bonchev–Trinajstić information content (AvgIpc) is 3.37. The zero-order valence-electron chi connectivity index (χ0n) is 12.5. The van der Waals surface area contributed by atoms with Crippen LogP contribution in [0.2, 0.25) is 0 Å². The van der Waals surface area contributed by atoms with Crippen LogP contribution in [-0.2, 0) is 6.54 Å². The van der Waals surface area contributed by atoms with Gasteiger partial charge in [0.05, 0.1) is 4.92 Å². The van der Waals surface area contributed by atoms with Crippen molar-refractivity contribution in [2.75, 3.05) is 5.32 Å². The summed E-state index contributed by atoms with van der Waals surface area (Å²) >= 11 is 0. The van der Waals surface area contributed by atoms with Gasteiger partial charge in [0.1, 0.15) is 5.69 Å². The van der Waals surface area contributed by atoms with E-state index < -0.39 is 4.92 Å². The van der Waals surface area contributed by atoms with Gasteiger partial charge in [-0.2, -0.15) is 0 Å². The molecule has 2 aromatic rings. The molecule has 0 atom stereocenters. The number of nitro benzene ring substituents is 1. The normalized spacial score (nSPS) is 13.4. The van der Waals surface area contributed by atoms with Crippen LogP contribution in [0.5, 0.6) is 0 Å². The number of carbonyl (C=O) groups is 1. The molecule has 1 fully saturated rings. The number of rotatable bonds is 6. The molecule has 2 N–H and O–H groups in total. The molecule has 0 aromatic heterocycles. The first-order chi connectivity index (χ1) is 11.1. The van der Waals surface area contributed by atoms with Crippen LogP contribution >= 0.6 is 0 Å². The van der Waals surface area contributed by atoms with E-state index in [0.717, 1.165) is 18.4 Å². The standard InChI is InChI=1S/C17H17N3O3/c21-17(19-14-9-10-14)13-7-5-12(6-8-13)11-18-15-3-1-2-4-16(15)20(22)23/h1-8,14,18H,9-11H2,(H,19,21). The van der Waals surface area contributed by atoms with Crippen molar-refractivity contribution < 1.29 is 9.72 Å². The Morgan fingerprint density at radius 1 is 1.13 bits per heavy atom. The quantitative estimate of drug-likeness (QED) is 0.634. The predicted octanol–water partition coefficient (Wildman–Crippen LogP) is 3.10. The van der Waals surface area contributed by atoms with Crippen LogP contribution in [-0.4, -0.2) is 16.9 Å². The highest BCUT2D eigenvalue weighted by Gasteiger charge is 2.23. The summed E-state index contributed by atoms with van der Waals surface area (Å²) in [6.45, 7) is 0.454. The van der Waals surface area contributed by atoms with Crippen molar-refractivity contribution in [1.29, 1.82) is 0 Å². The fourth-order valence-electron chi connectivity index (χ4n) is 2.25. The van der Waals surface area contributed by atoms with Crippen molar-refractivity contribution in [2.45, 2.75) is 25.4 Å². The summed E-state index contributed by atoms with van der Waals surface area (Å²) in [7, 11) is 0. The van der Waals surface area contributed by atoms with E-state index in [0.29, 0.717) is 23.8 Å². The lowest BCUT2D eigenvalue weighted by Gasteiger charge is -2.08. The van der Waals surface area contributed by atoms with Gasteiger partial charge in [0, 0.05) is 24.2 Å². The topological polar surface area (TPSA) is 84.3 Å². The monoisotopic (exact) mass is 311 g/mol. The molecule has 0 radical (unpaired) electrons. The number of hydrogen-bond donors (Lipinski definition) is 2. The molecular weight excluding hydrogens is 294 g/mol. The number of nitro groups is 1. The predicted molar refractivity (Wildman–Crippen MR) is 87.4 cm³/mol. The molecule has 0 unspecified atom stereocenters. The summed E-state index contributed by atoms with van der Waals surface area (Å²) in [6, 6.07) is 14.1. The molecule has 1 aliphatic carbocycles. The van der Waals surface area contributed by atoms with Gasteiger partial charge >= 0.3 is 0 Å². The summed E-state index contributed by atoms with van der Waals surface area (Å²) in [5.74, 6) is -0.0503. The minimum atomic E-state index is -0.409. The highest BCUT2D eigenvalue weighted by Crippen LogP contribution is 2.24. The molecule has 1 amide bonds. The van der Waals surface area contributed by atoms with E-state index in [1.807, 2.05) is 12.1 Å². The molecule has 0 aliphatic heterocycles. The molecule has 6 heteroatoms. The third kappa shape index (κ3) is 3.85. The van der Waals surface area contributed by atoms with Crippen molar-refractivity contribution >= 4 is 17.3 Å². The number of carbonyl (C=O) groups excluding carboxylic acids is 1. The van der Waals surface area contributed by atoms with Gasteiger partial charge in [0.2, 0.25) is 0 Å². The van der Waals surface area contributed by atoms with Gasteiger partial charge in [-0.1, -0.05) is 24.3 Å². The molecule has 0 bridgehead atoms. The molecule has 3 rings (SSSR count). The number of benzene rings is 2. The molecule has 0 spiro atoms. The van der Waals surface area contributed by atoms with Gasteiger partial charge in [-0.05, 0) is 36.6 Å². The Morgan fingerprint density at radius 3 is 2.48 bits per heavy atom. The second-order valence-electron chi connectivity index (χ2n) is 5.57. The van der Waals surface area contributed by atoms with E-state index in [2.05, 4.69) is 10.6 Å². The first kappa shape index (κ1) is 15.0. The highest BCUT2D eigenvalue weighted by molar-refractivity contribution is 5.94. The average molecular weight is 311 g/mol. The number of para-hydroxylation sites is 2. The Morgan fingerprint density at radius 2 is 1.83 bits per heavy atom. The molecule has 1 aliphatic rings. The summed E-state index contributed by atoms with van der Waals surface area (Å²) in [5.41, 5.74) is 2.11. The van der Waals surface area contributed by atoms with Crippen molar-refractivity contribution in [1.82, 2.24) is 5.32 Å². The lowest BCUT2D eigenvalue weighted by atomic mass is 10.1. The maximum absolute atomic E-state index is 11.9. The van der Waals surface area contributed by atoms with E-state index in [9.17, 15) is 14.9 Å². The Balaban J connectivity index is 1.62. The van der Waals surface area contributed by atoms with Crippen LogP contribution in [0.1, 0.15) is 28.8 Å². The Hall–Kier alpha value is -2.89. The SMILES string of the molecule is O=C(NC1CC1)c1ccc(CNc2ccccc2[N+](=O)[O-])cc1. The van der Waals surface area contributed by atoms with E-state index in [4.69, 9.17) is 0 Å². The smallest absolute Gasteiger partial charge is 0.292 e. The number of nitrogens with one attached hydrogen (secondary N) is 2. The minimum Gasteiger partial charge on any atom is -0.375 e. The fraction of sp³-hybridized carbons (Fsp3) is 0.235. The molecular formula is C17H17N3O3. The van der Waals surface area contributed by atoms with E-state index in [1.165, 1.54) is 6.07 Å². The molecule has 1 saturated carbocycles. The maximum atomic E-state index is 11.9. The van der Waals surface area contributed by atoms with Gasteiger partial charge in [0.15, 0.2) is 0 Å². The van der Waals surface area contributed by atoms with Crippen LogP contribution < -0.4 is 10.6 Å².